The minimum atomic E-state index is -4.88. The number of alkyl halides is 5. The van der Waals surface area contributed by atoms with Crippen LogP contribution >= 0.6 is 0 Å². The number of aryl methyl sites for hydroxylation is 1. The van der Waals surface area contributed by atoms with E-state index in [0.717, 1.165) is 12.3 Å². The Kier molecular flexibility index (Phi) is 8.96. The van der Waals surface area contributed by atoms with E-state index in [9.17, 15) is 31.5 Å². The zero-order chi connectivity index (χ0) is 30.6. The molecule has 0 spiro atoms. The highest BCUT2D eigenvalue weighted by atomic mass is 19.4. The van der Waals surface area contributed by atoms with Crippen LogP contribution in [0.2, 0.25) is 0 Å². The normalized spacial score (nSPS) is 12.5. The third-order valence-electron chi connectivity index (χ3n) is 6.13. The fourth-order valence-electron chi connectivity index (χ4n) is 4.15. The Morgan fingerprint density at radius 2 is 1.90 bits per heavy atom. The summed E-state index contributed by atoms with van der Waals surface area (Å²) in [4.78, 5) is 37.0. The monoisotopic (exact) mass is 598 g/mol. The molecular weight excluding hydrogens is 574 g/mol. The zero-order valence-electron chi connectivity index (χ0n) is 22.1. The van der Waals surface area contributed by atoms with E-state index in [1.807, 2.05) is 0 Å². The topological polar surface area (TPSA) is 140 Å². The standard InChI is InChI=1S/C25H24F6N8O3/c1-12(36-17-8-35-38-23(40)20(17)25(29,30)31)4-3-5-39-11-34-16-7-13(15(26)6-14(16)24(39)41)21-32-9-18(42-2)22(37-21)33-10-19(27)28/h6-9,11-12,19H,3-5,10H2,1-2H3,(H,32,33,37)(H2,36,38,40)/t12-/m0/s1. The molecule has 4 rings (SSSR count). The summed E-state index contributed by atoms with van der Waals surface area (Å²) in [6, 6.07) is 1.71. The van der Waals surface area contributed by atoms with Crippen molar-refractivity contribution in [3.8, 4) is 17.1 Å². The predicted octanol–water partition coefficient (Wildman–Crippen LogP) is 4.06. The van der Waals surface area contributed by atoms with Crippen molar-refractivity contribution >= 4 is 22.4 Å². The lowest BCUT2D eigenvalue weighted by Gasteiger charge is -2.18. The van der Waals surface area contributed by atoms with Crippen LogP contribution in [0, 0.1) is 5.82 Å². The number of methoxy groups -OCH3 is 1. The van der Waals surface area contributed by atoms with Crippen LogP contribution in [0.4, 0.5) is 37.8 Å². The number of benzene rings is 1. The van der Waals surface area contributed by atoms with Crippen molar-refractivity contribution in [3.63, 3.8) is 0 Å². The first-order valence-electron chi connectivity index (χ1n) is 12.4. The maximum absolute atomic E-state index is 15.1. The van der Waals surface area contributed by atoms with Gasteiger partial charge in [0, 0.05) is 12.6 Å². The number of fused-ring (bicyclic) bond motifs is 1. The summed E-state index contributed by atoms with van der Waals surface area (Å²) in [5.41, 5.74) is -3.77. The van der Waals surface area contributed by atoms with Crippen molar-refractivity contribution in [2.24, 2.45) is 0 Å². The fraction of sp³-hybridized carbons (Fsp3) is 0.360. The summed E-state index contributed by atoms with van der Waals surface area (Å²) in [5.74, 6) is -1.00. The van der Waals surface area contributed by atoms with Crippen molar-refractivity contribution in [1.82, 2.24) is 29.7 Å². The fourth-order valence-corrected chi connectivity index (χ4v) is 4.15. The van der Waals surface area contributed by atoms with Gasteiger partial charge in [-0.1, -0.05) is 0 Å². The molecule has 0 radical (unpaired) electrons. The largest absolute Gasteiger partial charge is 0.491 e. The average molecular weight is 599 g/mol. The van der Waals surface area contributed by atoms with E-state index < -0.39 is 53.4 Å². The molecule has 3 heterocycles. The Morgan fingerprint density at radius 1 is 1.14 bits per heavy atom. The van der Waals surface area contributed by atoms with Crippen LogP contribution in [-0.4, -0.2) is 55.8 Å². The summed E-state index contributed by atoms with van der Waals surface area (Å²) in [5, 5.41) is 10.2. The number of aromatic amines is 1. The third kappa shape index (κ3) is 6.77. The number of ether oxygens (including phenoxy) is 1. The van der Waals surface area contributed by atoms with Crippen LogP contribution in [-0.2, 0) is 12.7 Å². The predicted molar refractivity (Wildman–Crippen MR) is 140 cm³/mol. The first-order valence-corrected chi connectivity index (χ1v) is 12.4. The number of rotatable bonds is 11. The van der Waals surface area contributed by atoms with E-state index >= 15 is 4.39 Å². The highest BCUT2D eigenvalue weighted by Gasteiger charge is 2.37. The number of nitrogens with one attached hydrogen (secondary N) is 3. The molecule has 42 heavy (non-hydrogen) atoms. The van der Waals surface area contributed by atoms with Gasteiger partial charge >= 0.3 is 6.18 Å². The first-order chi connectivity index (χ1) is 19.9. The summed E-state index contributed by atoms with van der Waals surface area (Å²) in [7, 11) is 1.29. The SMILES string of the molecule is COc1cnc(-c2cc3ncn(CCC[C@H](C)Nc4cn[nH]c(=O)c4C(F)(F)F)c(=O)c3cc2F)nc1NCC(F)F. The molecule has 17 heteroatoms. The van der Waals surface area contributed by atoms with Gasteiger partial charge in [0.25, 0.3) is 17.5 Å². The van der Waals surface area contributed by atoms with E-state index in [-0.39, 0.29) is 40.4 Å². The Morgan fingerprint density at radius 3 is 2.60 bits per heavy atom. The van der Waals surface area contributed by atoms with Gasteiger partial charge in [0.05, 0.1) is 54.5 Å². The lowest BCUT2D eigenvalue weighted by molar-refractivity contribution is -0.138. The molecule has 3 aromatic heterocycles. The van der Waals surface area contributed by atoms with E-state index in [1.165, 1.54) is 30.3 Å². The molecule has 0 fully saturated rings. The van der Waals surface area contributed by atoms with Crippen molar-refractivity contribution in [2.75, 3.05) is 24.3 Å². The molecule has 0 aliphatic carbocycles. The van der Waals surface area contributed by atoms with Crippen LogP contribution in [0.25, 0.3) is 22.3 Å². The third-order valence-corrected chi connectivity index (χ3v) is 6.13. The second-order valence-electron chi connectivity index (χ2n) is 9.15. The number of nitrogens with zero attached hydrogens (tertiary/aromatic N) is 5. The number of anilines is 2. The minimum Gasteiger partial charge on any atom is -0.491 e. The Balaban J connectivity index is 1.50. The molecule has 0 amide bonds. The molecule has 0 saturated heterocycles. The quantitative estimate of drug-likeness (QED) is 0.218. The second-order valence-corrected chi connectivity index (χ2v) is 9.15. The maximum Gasteiger partial charge on any atom is 0.423 e. The highest BCUT2D eigenvalue weighted by molar-refractivity contribution is 5.82. The number of H-pyrrole nitrogens is 1. The van der Waals surface area contributed by atoms with Gasteiger partial charge in [-0.05, 0) is 31.9 Å². The van der Waals surface area contributed by atoms with E-state index in [1.54, 1.807) is 12.0 Å². The second kappa shape index (κ2) is 12.4. The molecule has 1 aromatic carbocycles. The van der Waals surface area contributed by atoms with Gasteiger partial charge in [-0.15, -0.1) is 0 Å². The number of hydrogen-bond donors (Lipinski definition) is 3. The van der Waals surface area contributed by atoms with Crippen LogP contribution in [0.1, 0.15) is 25.3 Å². The Labute approximate surface area is 233 Å². The van der Waals surface area contributed by atoms with Crippen LogP contribution in [0.5, 0.6) is 5.75 Å². The summed E-state index contributed by atoms with van der Waals surface area (Å²) in [6.07, 6.45) is -3.61. The first kappa shape index (κ1) is 30.3. The Hall–Kier alpha value is -4.70. The summed E-state index contributed by atoms with van der Waals surface area (Å²) < 4.78 is 86.5. The molecule has 0 unspecified atom stereocenters. The molecule has 11 nitrogen and oxygen atoms in total. The molecular formula is C25H24F6N8O3. The molecule has 0 aliphatic rings. The summed E-state index contributed by atoms with van der Waals surface area (Å²) >= 11 is 0. The molecule has 1 atom stereocenters. The smallest absolute Gasteiger partial charge is 0.423 e. The maximum atomic E-state index is 15.1. The van der Waals surface area contributed by atoms with E-state index in [4.69, 9.17) is 4.74 Å². The van der Waals surface area contributed by atoms with Crippen molar-refractivity contribution in [3.05, 3.63) is 62.9 Å². The lowest BCUT2D eigenvalue weighted by Crippen LogP contribution is -2.27. The van der Waals surface area contributed by atoms with Gasteiger partial charge in [0.2, 0.25) is 0 Å². The molecule has 0 aliphatic heterocycles. The number of hydrogen-bond acceptors (Lipinski definition) is 9. The van der Waals surface area contributed by atoms with E-state index in [0.29, 0.717) is 12.8 Å². The average Bonchev–Trinajstić information content (AvgIpc) is 2.92. The van der Waals surface area contributed by atoms with Crippen LogP contribution < -0.4 is 26.5 Å². The van der Waals surface area contributed by atoms with Gasteiger partial charge < -0.3 is 15.4 Å². The molecule has 3 N–H and O–H groups in total. The highest BCUT2D eigenvalue weighted by Crippen LogP contribution is 2.32. The number of halogens is 6. The van der Waals surface area contributed by atoms with Gasteiger partial charge in [-0.2, -0.15) is 18.3 Å². The Bertz CT molecular complexity index is 1690. The van der Waals surface area contributed by atoms with Gasteiger partial charge in [0.15, 0.2) is 17.4 Å². The van der Waals surface area contributed by atoms with Gasteiger partial charge in [-0.25, -0.2) is 33.2 Å². The minimum absolute atomic E-state index is 0.0427. The van der Waals surface area contributed by atoms with Crippen molar-refractivity contribution in [2.45, 2.75) is 45.0 Å². The van der Waals surface area contributed by atoms with Crippen LogP contribution in [0.3, 0.4) is 0 Å². The molecule has 4 aromatic rings. The molecule has 224 valence electrons. The van der Waals surface area contributed by atoms with Crippen LogP contribution in [0.15, 0.2) is 40.4 Å². The van der Waals surface area contributed by atoms with Crippen molar-refractivity contribution in [1.29, 1.82) is 0 Å². The van der Waals surface area contributed by atoms with Gasteiger partial charge in [0.1, 0.15) is 11.4 Å². The van der Waals surface area contributed by atoms with Gasteiger partial charge in [-0.3, -0.25) is 14.2 Å². The number of aromatic nitrogens is 6. The summed E-state index contributed by atoms with van der Waals surface area (Å²) in [6.45, 7) is 1.01. The molecule has 0 bridgehead atoms. The zero-order valence-corrected chi connectivity index (χ0v) is 22.1. The van der Waals surface area contributed by atoms with Crippen molar-refractivity contribution < 1.29 is 31.1 Å². The molecule has 0 saturated carbocycles. The van der Waals surface area contributed by atoms with E-state index in [2.05, 4.69) is 30.7 Å². The lowest BCUT2D eigenvalue weighted by atomic mass is 10.1.